The second-order valence-electron chi connectivity index (χ2n) is 9.70. The van der Waals surface area contributed by atoms with Crippen LogP contribution in [0, 0.1) is 10.1 Å². The molecule has 0 bridgehead atoms. The minimum atomic E-state index is -0.582. The number of benzene rings is 3. The van der Waals surface area contributed by atoms with E-state index in [1.165, 1.54) is 34.4 Å². The van der Waals surface area contributed by atoms with Crippen molar-refractivity contribution in [2.45, 2.75) is 38.1 Å². The molecular weight excluding hydrogens is 512 g/mol. The van der Waals surface area contributed by atoms with Crippen LogP contribution in [-0.2, 0) is 9.59 Å². The molecule has 1 heterocycles. The number of rotatable bonds is 6. The molecule has 3 aromatic rings. The molecule has 5 rings (SSSR count). The molecule has 0 spiro atoms. The minimum absolute atomic E-state index is 0.0399. The summed E-state index contributed by atoms with van der Waals surface area (Å²) in [6.07, 6.45) is 6.92. The summed E-state index contributed by atoms with van der Waals surface area (Å²) in [6.45, 7) is 0. The van der Waals surface area contributed by atoms with Gasteiger partial charge in [-0.2, -0.15) is 0 Å². The number of carbonyl (C=O) groups excluding carboxylic acids is 2. The topological polar surface area (TPSA) is 87.0 Å². The molecule has 0 N–H and O–H groups in total. The van der Waals surface area contributed by atoms with E-state index in [1.807, 2.05) is 19.2 Å². The van der Waals surface area contributed by atoms with Gasteiger partial charge in [0.05, 0.1) is 16.3 Å². The van der Waals surface area contributed by atoms with Crippen LogP contribution in [0.1, 0.15) is 37.7 Å². The molecule has 0 radical (unpaired) electrons. The number of non-ortho nitro benzene ring substituents is 1. The molecule has 2 fully saturated rings. The normalized spacial score (nSPS) is 16.4. The molecular formula is C30H28N4O4S. The van der Waals surface area contributed by atoms with Gasteiger partial charge in [-0.05, 0) is 61.5 Å². The van der Waals surface area contributed by atoms with Crippen LogP contribution >= 0.6 is 12.2 Å². The number of amides is 2. The van der Waals surface area contributed by atoms with Crippen LogP contribution in [0.4, 0.5) is 22.7 Å². The maximum atomic E-state index is 13.9. The van der Waals surface area contributed by atoms with Crippen molar-refractivity contribution in [2.24, 2.45) is 0 Å². The molecule has 0 unspecified atom stereocenters. The fraction of sp³-hybridized carbons (Fsp3) is 0.233. The van der Waals surface area contributed by atoms with Crippen molar-refractivity contribution >= 4 is 58.0 Å². The van der Waals surface area contributed by atoms with Crippen molar-refractivity contribution < 1.29 is 14.5 Å². The van der Waals surface area contributed by atoms with Crippen molar-refractivity contribution in [1.82, 2.24) is 0 Å². The first-order valence-electron chi connectivity index (χ1n) is 12.9. The predicted octanol–water partition coefficient (Wildman–Crippen LogP) is 6.11. The number of nitrogens with zero attached hydrogens (tertiary/aromatic N) is 4. The van der Waals surface area contributed by atoms with Crippen molar-refractivity contribution in [2.75, 3.05) is 21.7 Å². The van der Waals surface area contributed by atoms with E-state index < -0.39 is 16.7 Å². The molecule has 0 aromatic heterocycles. The number of hydrogen-bond acceptors (Lipinski definition) is 6. The molecule has 1 saturated heterocycles. The smallest absolute Gasteiger partial charge is 0.270 e. The molecule has 2 amide bonds. The standard InChI is InChI=1S/C30H28N4O4S/c1-31(22-11-5-2-6-12-22)27-18-17-25(34(37)38)19-21(27)20-26-28(35)32(23-13-7-3-8-14-23)30(39)33(29(26)36)24-15-9-4-10-16-24/h3-4,7-10,13-20,22H,2,5-6,11-12H2,1H3. The van der Waals surface area contributed by atoms with E-state index >= 15 is 0 Å². The van der Waals surface area contributed by atoms with E-state index in [-0.39, 0.29) is 22.4 Å². The van der Waals surface area contributed by atoms with Gasteiger partial charge in [-0.3, -0.25) is 29.5 Å². The largest absolute Gasteiger partial charge is 0.371 e. The van der Waals surface area contributed by atoms with Gasteiger partial charge < -0.3 is 4.90 Å². The molecule has 1 aliphatic heterocycles. The summed E-state index contributed by atoms with van der Waals surface area (Å²) in [5.41, 5.74) is 1.95. The Balaban J connectivity index is 1.66. The number of nitro groups is 1. The van der Waals surface area contributed by atoms with Crippen molar-refractivity contribution in [3.8, 4) is 0 Å². The second kappa shape index (κ2) is 11.2. The van der Waals surface area contributed by atoms with Gasteiger partial charge in [0.1, 0.15) is 5.57 Å². The summed E-state index contributed by atoms with van der Waals surface area (Å²) >= 11 is 5.68. The summed E-state index contributed by atoms with van der Waals surface area (Å²) in [5, 5.41) is 11.7. The third-order valence-corrected chi connectivity index (χ3v) is 7.67. The Morgan fingerprint density at radius 2 is 1.41 bits per heavy atom. The maximum absolute atomic E-state index is 13.9. The number of thiocarbonyl (C=S) groups is 1. The number of anilines is 3. The Bertz CT molecular complexity index is 1390. The molecule has 8 nitrogen and oxygen atoms in total. The van der Waals surface area contributed by atoms with Crippen LogP contribution in [0.25, 0.3) is 6.08 Å². The van der Waals surface area contributed by atoms with E-state index in [9.17, 15) is 19.7 Å². The zero-order valence-corrected chi connectivity index (χ0v) is 22.3. The van der Waals surface area contributed by atoms with Crippen LogP contribution in [0.2, 0.25) is 0 Å². The van der Waals surface area contributed by atoms with E-state index in [4.69, 9.17) is 12.2 Å². The molecule has 2 aliphatic rings. The summed E-state index contributed by atoms with van der Waals surface area (Å²) in [5.74, 6) is -1.16. The first-order chi connectivity index (χ1) is 18.9. The second-order valence-corrected chi connectivity index (χ2v) is 10.1. The number of para-hydroxylation sites is 2. The first-order valence-corrected chi connectivity index (χ1v) is 13.3. The molecule has 39 heavy (non-hydrogen) atoms. The van der Waals surface area contributed by atoms with Crippen molar-refractivity contribution in [3.05, 3.63) is 100 Å². The van der Waals surface area contributed by atoms with Gasteiger partial charge in [0, 0.05) is 36.5 Å². The Morgan fingerprint density at radius 1 is 0.872 bits per heavy atom. The Morgan fingerprint density at radius 3 is 1.92 bits per heavy atom. The molecule has 0 atom stereocenters. The lowest BCUT2D eigenvalue weighted by Crippen LogP contribution is -2.56. The van der Waals surface area contributed by atoms with E-state index in [0.29, 0.717) is 16.9 Å². The average Bonchev–Trinajstić information content (AvgIpc) is 2.96. The van der Waals surface area contributed by atoms with Crippen LogP contribution in [0.3, 0.4) is 0 Å². The molecule has 1 saturated carbocycles. The average molecular weight is 541 g/mol. The highest BCUT2D eigenvalue weighted by atomic mass is 32.1. The highest BCUT2D eigenvalue weighted by Crippen LogP contribution is 2.35. The molecule has 3 aromatic carbocycles. The van der Waals surface area contributed by atoms with Gasteiger partial charge in [-0.1, -0.05) is 55.7 Å². The highest BCUT2D eigenvalue weighted by molar-refractivity contribution is 7.81. The Kier molecular flexibility index (Phi) is 7.51. The van der Waals surface area contributed by atoms with Crippen LogP contribution < -0.4 is 14.7 Å². The summed E-state index contributed by atoms with van der Waals surface area (Å²) in [6, 6.07) is 22.6. The van der Waals surface area contributed by atoms with Gasteiger partial charge >= 0.3 is 0 Å². The summed E-state index contributed by atoms with van der Waals surface area (Å²) in [7, 11) is 1.96. The number of hydrogen-bond donors (Lipinski definition) is 0. The maximum Gasteiger partial charge on any atom is 0.270 e. The predicted molar refractivity (Wildman–Crippen MR) is 157 cm³/mol. The third-order valence-electron chi connectivity index (χ3n) is 7.30. The lowest BCUT2D eigenvalue weighted by atomic mass is 9.93. The van der Waals surface area contributed by atoms with Gasteiger partial charge in [0.2, 0.25) is 0 Å². The van der Waals surface area contributed by atoms with Crippen LogP contribution in [0.15, 0.2) is 84.4 Å². The van der Waals surface area contributed by atoms with Crippen LogP contribution in [-0.4, -0.2) is 34.9 Å². The summed E-state index contributed by atoms with van der Waals surface area (Å²) in [4.78, 5) is 43.8. The monoisotopic (exact) mass is 540 g/mol. The molecule has 198 valence electrons. The van der Waals surface area contributed by atoms with Crippen molar-refractivity contribution in [1.29, 1.82) is 0 Å². The van der Waals surface area contributed by atoms with Gasteiger partial charge in [0.15, 0.2) is 5.11 Å². The lowest BCUT2D eigenvalue weighted by Gasteiger charge is -2.37. The van der Waals surface area contributed by atoms with Gasteiger partial charge in [-0.15, -0.1) is 0 Å². The quantitative estimate of drug-likeness (QED) is 0.123. The fourth-order valence-corrected chi connectivity index (χ4v) is 5.63. The highest BCUT2D eigenvalue weighted by Gasteiger charge is 2.41. The number of carbonyl (C=O) groups is 2. The van der Waals surface area contributed by atoms with E-state index in [1.54, 1.807) is 54.6 Å². The first kappa shape index (κ1) is 26.2. The van der Waals surface area contributed by atoms with Gasteiger partial charge in [-0.25, -0.2) is 0 Å². The fourth-order valence-electron chi connectivity index (χ4n) is 5.25. The molecule has 1 aliphatic carbocycles. The van der Waals surface area contributed by atoms with Crippen LogP contribution in [0.5, 0.6) is 0 Å². The Hall–Kier alpha value is -4.37. The number of nitro benzene ring substituents is 1. The van der Waals surface area contributed by atoms with Crippen molar-refractivity contribution in [3.63, 3.8) is 0 Å². The van der Waals surface area contributed by atoms with E-state index in [0.717, 1.165) is 31.4 Å². The zero-order chi connectivity index (χ0) is 27.5. The zero-order valence-electron chi connectivity index (χ0n) is 21.5. The van der Waals surface area contributed by atoms with E-state index in [2.05, 4.69) is 4.90 Å². The summed E-state index contributed by atoms with van der Waals surface area (Å²) < 4.78 is 0. The Labute approximate surface area is 232 Å². The third kappa shape index (κ3) is 5.18. The van der Waals surface area contributed by atoms with Gasteiger partial charge in [0.25, 0.3) is 17.5 Å². The molecule has 9 heteroatoms. The lowest BCUT2D eigenvalue weighted by molar-refractivity contribution is -0.384. The minimum Gasteiger partial charge on any atom is -0.371 e. The SMILES string of the molecule is CN(c1ccc([N+](=O)[O-])cc1C=C1C(=O)N(c2ccccc2)C(=S)N(c2ccccc2)C1=O)C1CCCCC1.